The molecule has 0 saturated heterocycles. The van der Waals surface area contributed by atoms with Crippen LogP contribution in [-0.2, 0) is 0 Å². The maximum atomic E-state index is 13.7. The van der Waals surface area contributed by atoms with Gasteiger partial charge in [-0.15, -0.1) is 0 Å². The van der Waals surface area contributed by atoms with E-state index in [1.807, 2.05) is 0 Å². The van der Waals surface area contributed by atoms with Gasteiger partial charge in [-0.1, -0.05) is 0 Å². The number of aromatic amines is 1. The summed E-state index contributed by atoms with van der Waals surface area (Å²) < 4.78 is 26.7. The second kappa shape index (κ2) is 3.84. The van der Waals surface area contributed by atoms with Crippen molar-refractivity contribution in [3.8, 4) is 11.4 Å². The molecule has 1 N–H and O–H groups in total. The number of nitrogens with one attached hydrogen (secondary N) is 1. The van der Waals surface area contributed by atoms with Crippen molar-refractivity contribution in [2.75, 3.05) is 0 Å². The second-order valence-electron chi connectivity index (χ2n) is 3.34. The van der Waals surface area contributed by atoms with E-state index in [0.717, 1.165) is 6.07 Å². The van der Waals surface area contributed by atoms with E-state index in [2.05, 4.69) is 9.97 Å². The highest BCUT2D eigenvalue weighted by Gasteiger charge is 2.13. The lowest BCUT2D eigenvalue weighted by atomic mass is 10.1. The van der Waals surface area contributed by atoms with E-state index in [4.69, 9.17) is 0 Å². The molecule has 0 atom stereocenters. The molecule has 0 aliphatic carbocycles. The number of H-pyrrole nitrogens is 1. The number of rotatable bonds is 2. The zero-order valence-corrected chi connectivity index (χ0v) is 8.42. The predicted octanol–water partition coefficient (Wildman–Crippen LogP) is 2.48. The number of nitrogens with zero attached hydrogens (tertiary/aromatic N) is 1. The van der Waals surface area contributed by atoms with Gasteiger partial charge in [0.15, 0.2) is 6.29 Å². The van der Waals surface area contributed by atoms with Gasteiger partial charge in [0.25, 0.3) is 0 Å². The third kappa shape index (κ3) is 1.60. The van der Waals surface area contributed by atoms with Crippen molar-refractivity contribution in [3.63, 3.8) is 0 Å². The summed E-state index contributed by atoms with van der Waals surface area (Å²) in [4.78, 5) is 16.9. The molecule has 0 radical (unpaired) electrons. The van der Waals surface area contributed by atoms with E-state index < -0.39 is 11.6 Å². The summed E-state index contributed by atoms with van der Waals surface area (Å²) in [6, 6.07) is 2.45. The van der Waals surface area contributed by atoms with Gasteiger partial charge in [-0.3, -0.25) is 4.79 Å². The lowest BCUT2D eigenvalue weighted by molar-refractivity contribution is 0.111. The number of aldehydes is 1. The van der Waals surface area contributed by atoms with Gasteiger partial charge in [0.1, 0.15) is 17.5 Å². The summed E-state index contributed by atoms with van der Waals surface area (Å²) in [7, 11) is 0. The Hall–Kier alpha value is -2.04. The lowest BCUT2D eigenvalue weighted by Crippen LogP contribution is -1.94. The van der Waals surface area contributed by atoms with Gasteiger partial charge < -0.3 is 4.98 Å². The molecule has 0 aliphatic rings. The molecule has 1 aromatic carbocycles. The highest BCUT2D eigenvalue weighted by Crippen LogP contribution is 2.23. The standard InChI is InChI=1S/C11H8F2N2O/c1-6-9(12)3-2-8(10(6)13)11-14-4-7(5-16)15-11/h2-5H,1H3,(H,14,15). The van der Waals surface area contributed by atoms with Crippen LogP contribution in [0.1, 0.15) is 16.1 Å². The SMILES string of the molecule is Cc1c(F)ccc(-c2ncc(C=O)[nH]2)c1F. The van der Waals surface area contributed by atoms with E-state index in [-0.39, 0.29) is 22.6 Å². The fourth-order valence-corrected chi connectivity index (χ4v) is 1.38. The third-order valence-corrected chi connectivity index (χ3v) is 2.30. The molecule has 2 rings (SSSR count). The summed E-state index contributed by atoms with van der Waals surface area (Å²) in [6.07, 6.45) is 1.87. The van der Waals surface area contributed by atoms with Crippen LogP contribution in [0.15, 0.2) is 18.3 Å². The maximum absolute atomic E-state index is 13.7. The first-order valence-electron chi connectivity index (χ1n) is 4.58. The Labute approximate surface area is 90.1 Å². The molecular weight excluding hydrogens is 214 g/mol. The summed E-state index contributed by atoms with van der Waals surface area (Å²) >= 11 is 0. The monoisotopic (exact) mass is 222 g/mol. The Bertz CT molecular complexity index is 549. The minimum atomic E-state index is -0.674. The van der Waals surface area contributed by atoms with Crippen LogP contribution in [0, 0.1) is 18.6 Å². The quantitative estimate of drug-likeness (QED) is 0.793. The fraction of sp³-hybridized carbons (Fsp3) is 0.0909. The summed E-state index contributed by atoms with van der Waals surface area (Å²) in [6.45, 7) is 1.34. The Morgan fingerprint density at radius 2 is 2.12 bits per heavy atom. The van der Waals surface area contributed by atoms with E-state index in [1.165, 1.54) is 19.2 Å². The van der Waals surface area contributed by atoms with Crippen LogP contribution in [0.2, 0.25) is 0 Å². The maximum Gasteiger partial charge on any atom is 0.167 e. The molecule has 82 valence electrons. The zero-order valence-electron chi connectivity index (χ0n) is 8.42. The van der Waals surface area contributed by atoms with Gasteiger partial charge in [0, 0.05) is 5.56 Å². The molecule has 1 aromatic heterocycles. The van der Waals surface area contributed by atoms with Crippen molar-refractivity contribution >= 4 is 6.29 Å². The minimum absolute atomic E-state index is 0.0680. The number of carbonyl (C=O) groups excluding carboxylic acids is 1. The van der Waals surface area contributed by atoms with Gasteiger partial charge in [0.05, 0.1) is 17.5 Å². The summed E-state index contributed by atoms with van der Waals surface area (Å²) in [5.41, 5.74) is 0.324. The summed E-state index contributed by atoms with van der Waals surface area (Å²) in [5, 5.41) is 0. The number of aromatic nitrogens is 2. The molecule has 1 heterocycles. The first-order chi connectivity index (χ1) is 7.63. The molecule has 0 saturated carbocycles. The van der Waals surface area contributed by atoms with Crippen LogP contribution in [0.3, 0.4) is 0 Å². The van der Waals surface area contributed by atoms with Crippen molar-refractivity contribution in [1.82, 2.24) is 9.97 Å². The van der Waals surface area contributed by atoms with Crippen LogP contribution < -0.4 is 0 Å². The molecule has 3 nitrogen and oxygen atoms in total. The van der Waals surface area contributed by atoms with E-state index in [1.54, 1.807) is 0 Å². The topological polar surface area (TPSA) is 45.8 Å². The average Bonchev–Trinajstić information content (AvgIpc) is 2.74. The smallest absolute Gasteiger partial charge is 0.167 e. The van der Waals surface area contributed by atoms with Gasteiger partial charge in [-0.05, 0) is 19.1 Å². The molecule has 0 unspecified atom stereocenters. The molecular formula is C11H8F2N2O. The third-order valence-electron chi connectivity index (χ3n) is 2.30. The van der Waals surface area contributed by atoms with Crippen molar-refractivity contribution in [3.05, 3.63) is 41.2 Å². The number of carbonyl (C=O) groups is 1. The average molecular weight is 222 g/mol. The molecule has 5 heteroatoms. The largest absolute Gasteiger partial charge is 0.336 e. The van der Waals surface area contributed by atoms with Gasteiger partial charge in [-0.2, -0.15) is 0 Å². The van der Waals surface area contributed by atoms with Crippen molar-refractivity contribution in [2.45, 2.75) is 6.92 Å². The molecule has 0 bridgehead atoms. The lowest BCUT2D eigenvalue weighted by Gasteiger charge is -2.03. The number of halogens is 2. The second-order valence-corrected chi connectivity index (χ2v) is 3.34. The van der Waals surface area contributed by atoms with Crippen LogP contribution in [0.4, 0.5) is 8.78 Å². The molecule has 0 amide bonds. The Morgan fingerprint density at radius 3 is 2.75 bits per heavy atom. The molecule has 0 spiro atoms. The first kappa shape index (κ1) is 10.5. The van der Waals surface area contributed by atoms with Crippen molar-refractivity contribution < 1.29 is 13.6 Å². The van der Waals surface area contributed by atoms with Gasteiger partial charge >= 0.3 is 0 Å². The molecule has 2 aromatic rings. The normalized spacial score (nSPS) is 10.4. The van der Waals surface area contributed by atoms with Crippen molar-refractivity contribution in [1.29, 1.82) is 0 Å². The van der Waals surface area contributed by atoms with Crippen LogP contribution in [0.5, 0.6) is 0 Å². The molecule has 0 aliphatic heterocycles. The molecule has 16 heavy (non-hydrogen) atoms. The van der Waals surface area contributed by atoms with E-state index >= 15 is 0 Å². The van der Waals surface area contributed by atoms with Crippen LogP contribution >= 0.6 is 0 Å². The van der Waals surface area contributed by atoms with Crippen molar-refractivity contribution in [2.24, 2.45) is 0 Å². The zero-order chi connectivity index (χ0) is 11.7. The van der Waals surface area contributed by atoms with Crippen LogP contribution in [-0.4, -0.2) is 16.3 Å². The Morgan fingerprint density at radius 1 is 1.38 bits per heavy atom. The Kier molecular flexibility index (Phi) is 2.52. The number of benzene rings is 1. The highest BCUT2D eigenvalue weighted by molar-refractivity contribution is 5.73. The fourth-order valence-electron chi connectivity index (χ4n) is 1.38. The number of hydrogen-bond donors (Lipinski definition) is 1. The number of hydrogen-bond acceptors (Lipinski definition) is 2. The van der Waals surface area contributed by atoms with Crippen LogP contribution in [0.25, 0.3) is 11.4 Å². The van der Waals surface area contributed by atoms with Gasteiger partial charge in [0.2, 0.25) is 0 Å². The predicted molar refractivity (Wildman–Crippen MR) is 54.1 cm³/mol. The number of imidazole rings is 1. The summed E-state index contributed by atoms with van der Waals surface area (Å²) in [5.74, 6) is -1.07. The highest BCUT2D eigenvalue weighted by atomic mass is 19.1. The minimum Gasteiger partial charge on any atom is -0.336 e. The van der Waals surface area contributed by atoms with E-state index in [9.17, 15) is 13.6 Å². The Balaban J connectivity index is 2.56. The first-order valence-corrected chi connectivity index (χ1v) is 4.58. The molecule has 0 fully saturated rings. The van der Waals surface area contributed by atoms with E-state index in [0.29, 0.717) is 6.29 Å². The van der Waals surface area contributed by atoms with Gasteiger partial charge in [-0.25, -0.2) is 13.8 Å².